The van der Waals surface area contributed by atoms with Gasteiger partial charge in [-0.15, -0.1) is 0 Å². The maximum Gasteiger partial charge on any atom is 0.307 e. The topological polar surface area (TPSA) is 54.6 Å². The third-order valence-electron chi connectivity index (χ3n) is 5.01. The van der Waals surface area contributed by atoms with Crippen LogP contribution in [0, 0.1) is 23.7 Å². The molecular formula is C15H18N2O2. The van der Waals surface area contributed by atoms with Crippen LogP contribution in [0.15, 0.2) is 27.9 Å². The van der Waals surface area contributed by atoms with E-state index in [1.165, 1.54) is 44.1 Å². The van der Waals surface area contributed by atoms with Gasteiger partial charge in [0.15, 0.2) is 5.76 Å². The molecule has 0 spiro atoms. The summed E-state index contributed by atoms with van der Waals surface area (Å²) in [6.07, 6.45) is 8.06. The van der Waals surface area contributed by atoms with Crippen LogP contribution in [0.5, 0.6) is 0 Å². The van der Waals surface area contributed by atoms with Gasteiger partial charge in [0.1, 0.15) is 0 Å². The Bertz CT molecular complexity index is 488. The van der Waals surface area contributed by atoms with Gasteiger partial charge in [-0.2, -0.15) is 5.10 Å². The monoisotopic (exact) mass is 258 g/mol. The molecule has 1 N–H and O–H groups in total. The highest BCUT2D eigenvalue weighted by Crippen LogP contribution is 2.52. The van der Waals surface area contributed by atoms with Gasteiger partial charge in [-0.25, -0.2) is 5.43 Å². The first-order valence-electron chi connectivity index (χ1n) is 7.21. The van der Waals surface area contributed by atoms with E-state index in [2.05, 4.69) is 10.5 Å². The molecule has 1 amide bonds. The van der Waals surface area contributed by atoms with E-state index in [1.807, 2.05) is 0 Å². The normalized spacial score (nSPS) is 35.5. The van der Waals surface area contributed by atoms with E-state index in [-0.39, 0.29) is 5.91 Å². The molecule has 1 aromatic heterocycles. The van der Waals surface area contributed by atoms with Gasteiger partial charge in [-0.05, 0) is 67.9 Å². The summed E-state index contributed by atoms with van der Waals surface area (Å²) >= 11 is 0. The highest BCUT2D eigenvalue weighted by molar-refractivity contribution is 5.95. The molecule has 4 nitrogen and oxygen atoms in total. The number of amides is 1. The van der Waals surface area contributed by atoms with Crippen molar-refractivity contribution in [3.05, 3.63) is 24.2 Å². The predicted octanol–water partition coefficient (Wildman–Crippen LogP) is 2.82. The number of carbonyl (C=O) groups excluding carboxylic acids is 1. The minimum absolute atomic E-state index is 0.244. The van der Waals surface area contributed by atoms with Gasteiger partial charge in [-0.3, -0.25) is 4.79 Å². The van der Waals surface area contributed by atoms with Gasteiger partial charge >= 0.3 is 5.91 Å². The van der Waals surface area contributed by atoms with Gasteiger partial charge in [0.25, 0.3) is 0 Å². The van der Waals surface area contributed by atoms with Gasteiger partial charge in [0.2, 0.25) is 0 Å². The molecule has 4 saturated carbocycles. The summed E-state index contributed by atoms with van der Waals surface area (Å²) in [7, 11) is 0. The van der Waals surface area contributed by atoms with E-state index < -0.39 is 0 Å². The molecule has 5 rings (SSSR count). The Labute approximate surface area is 112 Å². The molecule has 4 bridgehead atoms. The summed E-state index contributed by atoms with van der Waals surface area (Å²) in [6, 6.07) is 3.37. The van der Waals surface area contributed by atoms with Crippen LogP contribution in [0.1, 0.15) is 42.7 Å². The summed E-state index contributed by atoms with van der Waals surface area (Å²) in [5, 5.41) is 4.44. The molecule has 4 aliphatic carbocycles. The minimum Gasteiger partial charge on any atom is -0.459 e. The largest absolute Gasteiger partial charge is 0.459 e. The fourth-order valence-corrected chi connectivity index (χ4v) is 4.43. The quantitative estimate of drug-likeness (QED) is 0.829. The Hall–Kier alpha value is -1.58. The number of hydrogen-bond acceptors (Lipinski definition) is 3. The summed E-state index contributed by atoms with van der Waals surface area (Å²) in [6.45, 7) is 0. The van der Waals surface area contributed by atoms with Crippen molar-refractivity contribution < 1.29 is 9.21 Å². The van der Waals surface area contributed by atoms with Crippen LogP contribution >= 0.6 is 0 Å². The van der Waals surface area contributed by atoms with E-state index in [0.717, 1.165) is 11.8 Å². The summed E-state index contributed by atoms with van der Waals surface area (Å²) in [5.74, 6) is 3.16. The van der Waals surface area contributed by atoms with Crippen LogP contribution in [0.2, 0.25) is 0 Å². The first-order chi connectivity index (χ1) is 9.29. The first kappa shape index (κ1) is 11.3. The van der Waals surface area contributed by atoms with Crippen molar-refractivity contribution in [2.24, 2.45) is 28.8 Å². The molecule has 100 valence electrons. The smallest absolute Gasteiger partial charge is 0.307 e. The minimum atomic E-state index is -0.244. The molecule has 0 atom stereocenters. The second-order valence-electron chi connectivity index (χ2n) is 6.26. The van der Waals surface area contributed by atoms with E-state index >= 15 is 0 Å². The standard InChI is InChI=1S/C15H18N2O2/c18-15(13-2-1-3-19-13)17-16-14-11-5-9-4-10(7-11)8-12(14)6-9/h1-3,9-12H,4-8H2,(H,17,18). The van der Waals surface area contributed by atoms with Crippen LogP contribution in [0.3, 0.4) is 0 Å². The van der Waals surface area contributed by atoms with Crippen molar-refractivity contribution in [3.8, 4) is 0 Å². The zero-order valence-electron chi connectivity index (χ0n) is 10.8. The summed E-state index contributed by atoms with van der Waals surface area (Å²) in [5.41, 5.74) is 3.91. The number of rotatable bonds is 2. The zero-order chi connectivity index (χ0) is 12.8. The first-order valence-corrected chi connectivity index (χ1v) is 7.21. The molecule has 4 heteroatoms. The summed E-state index contributed by atoms with van der Waals surface area (Å²) < 4.78 is 5.07. The molecule has 0 unspecified atom stereocenters. The Kier molecular flexibility index (Phi) is 2.50. The lowest BCUT2D eigenvalue weighted by Crippen LogP contribution is -2.46. The zero-order valence-corrected chi connectivity index (χ0v) is 10.8. The molecule has 0 saturated heterocycles. The third kappa shape index (κ3) is 1.90. The predicted molar refractivity (Wildman–Crippen MR) is 70.7 cm³/mol. The van der Waals surface area contributed by atoms with Gasteiger partial charge < -0.3 is 4.42 Å². The van der Waals surface area contributed by atoms with Crippen LogP contribution in [0.4, 0.5) is 0 Å². The van der Waals surface area contributed by atoms with Crippen LogP contribution < -0.4 is 5.43 Å². The fraction of sp³-hybridized carbons (Fsp3) is 0.600. The maximum atomic E-state index is 11.8. The molecule has 0 aliphatic heterocycles. The average Bonchev–Trinajstić information content (AvgIpc) is 2.90. The molecule has 0 aromatic carbocycles. The number of carbonyl (C=O) groups is 1. The number of furan rings is 1. The highest BCUT2D eigenvalue weighted by Gasteiger charge is 2.46. The second-order valence-corrected chi connectivity index (χ2v) is 6.26. The SMILES string of the molecule is O=C(NN=C1C2CC3CC(C2)CC1C3)c1ccco1. The van der Waals surface area contributed by atoms with Crippen molar-refractivity contribution in [1.82, 2.24) is 5.43 Å². The Balaban J connectivity index is 1.50. The highest BCUT2D eigenvalue weighted by atomic mass is 16.3. The molecule has 19 heavy (non-hydrogen) atoms. The van der Waals surface area contributed by atoms with Crippen molar-refractivity contribution in [2.45, 2.75) is 32.1 Å². The average molecular weight is 258 g/mol. The lowest BCUT2D eigenvalue weighted by Gasteiger charge is -2.50. The molecule has 4 aliphatic rings. The lowest BCUT2D eigenvalue weighted by atomic mass is 9.55. The number of hydrogen-bond donors (Lipinski definition) is 1. The van der Waals surface area contributed by atoms with Crippen molar-refractivity contribution >= 4 is 11.6 Å². The van der Waals surface area contributed by atoms with E-state index in [4.69, 9.17) is 4.42 Å². The van der Waals surface area contributed by atoms with E-state index in [0.29, 0.717) is 17.6 Å². The molecule has 0 radical (unpaired) electrons. The van der Waals surface area contributed by atoms with Crippen LogP contribution in [-0.4, -0.2) is 11.6 Å². The van der Waals surface area contributed by atoms with Crippen LogP contribution in [-0.2, 0) is 0 Å². The molecular weight excluding hydrogens is 240 g/mol. The van der Waals surface area contributed by atoms with E-state index in [9.17, 15) is 4.79 Å². The molecule has 4 fully saturated rings. The fourth-order valence-electron chi connectivity index (χ4n) is 4.43. The number of nitrogens with one attached hydrogen (secondary N) is 1. The Morgan fingerprint density at radius 2 is 1.84 bits per heavy atom. The Morgan fingerprint density at radius 1 is 1.16 bits per heavy atom. The van der Waals surface area contributed by atoms with Gasteiger partial charge in [-0.1, -0.05) is 0 Å². The third-order valence-corrected chi connectivity index (χ3v) is 5.01. The maximum absolute atomic E-state index is 11.8. The van der Waals surface area contributed by atoms with Crippen molar-refractivity contribution in [3.63, 3.8) is 0 Å². The van der Waals surface area contributed by atoms with E-state index in [1.54, 1.807) is 12.1 Å². The van der Waals surface area contributed by atoms with Crippen molar-refractivity contribution in [1.29, 1.82) is 0 Å². The summed E-state index contributed by atoms with van der Waals surface area (Å²) in [4.78, 5) is 11.8. The van der Waals surface area contributed by atoms with Gasteiger partial charge in [0.05, 0.1) is 6.26 Å². The lowest BCUT2D eigenvalue weighted by molar-refractivity contribution is 0.0916. The molecule has 1 aromatic rings. The second kappa shape index (κ2) is 4.22. The number of hydrazone groups is 1. The van der Waals surface area contributed by atoms with Gasteiger partial charge in [0, 0.05) is 5.71 Å². The molecule has 1 heterocycles. The number of nitrogens with zero attached hydrogens (tertiary/aromatic N) is 1. The van der Waals surface area contributed by atoms with Crippen molar-refractivity contribution in [2.75, 3.05) is 0 Å². The Morgan fingerprint density at radius 3 is 2.42 bits per heavy atom. The van der Waals surface area contributed by atoms with Crippen LogP contribution in [0.25, 0.3) is 0 Å².